The number of hydrogen-bond donors (Lipinski definition) is 0. The molecule has 0 radical (unpaired) electrons. The Labute approximate surface area is 206 Å². The molecule has 204 valence electrons. The van der Waals surface area contributed by atoms with Gasteiger partial charge in [-0.3, -0.25) is 0 Å². The summed E-state index contributed by atoms with van der Waals surface area (Å²) in [7, 11) is 0. The van der Waals surface area contributed by atoms with E-state index in [-0.39, 0.29) is 29.7 Å². The smallest absolute Gasteiger partial charge is 0.340 e. The summed E-state index contributed by atoms with van der Waals surface area (Å²) < 4.78 is 61.2. The van der Waals surface area contributed by atoms with Crippen LogP contribution >= 0.6 is 0 Å². The molecule has 0 aliphatic heterocycles. The minimum atomic E-state index is -4.30. The Hall–Kier alpha value is -2.65. The zero-order valence-electron chi connectivity index (χ0n) is 22.2. The van der Waals surface area contributed by atoms with Crippen LogP contribution in [0.1, 0.15) is 62.3 Å². The topological polar surface area (TPSA) is 78.9 Å². The molecule has 0 rings (SSSR count). The molecule has 0 aromatic rings. The Morgan fingerprint density at radius 3 is 1.29 bits per heavy atom. The van der Waals surface area contributed by atoms with Crippen molar-refractivity contribution >= 4 is 17.9 Å². The summed E-state index contributed by atoms with van der Waals surface area (Å²) in [4.78, 5) is 32.4. The predicted octanol–water partition coefficient (Wildman–Crippen LogP) is 6.31. The quantitative estimate of drug-likeness (QED) is 0.148. The fourth-order valence-electron chi connectivity index (χ4n) is 1.93. The van der Waals surface area contributed by atoms with Crippen molar-refractivity contribution in [3.8, 4) is 0 Å². The predicted molar refractivity (Wildman–Crippen MR) is 127 cm³/mol. The normalized spacial score (nSPS) is 10.8. The standard InChI is InChI=1S/C11H20O2.C7H8F4O2.C7H12O2/c1-7(2)10(8(3)4)13-11(12)9(5)6;1-4(2)5(12)13-3-7(10,11)6(8)9;1-5(2)7(8)9-6(3)4/h7-8,10H,5H2,1-4,6H3;6H,1,3H2,2H3;6H,1H2,2-4H3. The minimum Gasteiger partial charge on any atom is -0.460 e. The van der Waals surface area contributed by atoms with Gasteiger partial charge in [0.05, 0.1) is 6.10 Å². The summed E-state index contributed by atoms with van der Waals surface area (Å²) >= 11 is 0. The van der Waals surface area contributed by atoms with Crippen molar-refractivity contribution in [2.45, 2.75) is 86.9 Å². The zero-order valence-corrected chi connectivity index (χ0v) is 22.2. The van der Waals surface area contributed by atoms with Gasteiger partial charge in [0.1, 0.15) is 6.10 Å². The minimum absolute atomic E-state index is 0.0100. The maximum absolute atomic E-state index is 12.1. The van der Waals surface area contributed by atoms with E-state index in [9.17, 15) is 31.9 Å². The maximum Gasteiger partial charge on any atom is 0.340 e. The number of ether oxygens (including phenoxy) is 3. The number of rotatable bonds is 10. The van der Waals surface area contributed by atoms with Crippen LogP contribution in [0.4, 0.5) is 17.6 Å². The lowest BCUT2D eigenvalue weighted by Crippen LogP contribution is -2.33. The molecular formula is C25H40F4O6. The maximum atomic E-state index is 12.1. The molecule has 6 nitrogen and oxygen atoms in total. The molecule has 0 heterocycles. The van der Waals surface area contributed by atoms with Gasteiger partial charge in [0, 0.05) is 16.7 Å². The van der Waals surface area contributed by atoms with Gasteiger partial charge in [-0.1, -0.05) is 47.4 Å². The van der Waals surface area contributed by atoms with Crippen molar-refractivity contribution in [1.29, 1.82) is 0 Å². The van der Waals surface area contributed by atoms with Gasteiger partial charge in [-0.2, -0.15) is 8.78 Å². The first-order chi connectivity index (χ1) is 15.7. The van der Waals surface area contributed by atoms with Gasteiger partial charge < -0.3 is 14.2 Å². The highest BCUT2D eigenvalue weighted by molar-refractivity contribution is 5.87. The Kier molecular flexibility index (Phi) is 18.7. The van der Waals surface area contributed by atoms with Crippen LogP contribution in [-0.2, 0) is 28.6 Å². The van der Waals surface area contributed by atoms with E-state index < -0.39 is 24.9 Å². The molecule has 0 aliphatic carbocycles. The molecule has 0 saturated carbocycles. The lowest BCUT2D eigenvalue weighted by atomic mass is 9.96. The highest BCUT2D eigenvalue weighted by atomic mass is 19.3. The van der Waals surface area contributed by atoms with E-state index in [1.807, 2.05) is 0 Å². The number of carbonyl (C=O) groups is 3. The zero-order chi connectivity index (χ0) is 28.7. The van der Waals surface area contributed by atoms with Gasteiger partial charge >= 0.3 is 30.3 Å². The molecule has 0 fully saturated rings. The van der Waals surface area contributed by atoms with E-state index in [4.69, 9.17) is 9.47 Å². The average Bonchev–Trinajstić information content (AvgIpc) is 2.69. The molecule has 0 aliphatic rings. The van der Waals surface area contributed by atoms with E-state index in [0.29, 0.717) is 23.0 Å². The number of halogens is 4. The summed E-state index contributed by atoms with van der Waals surface area (Å²) in [6, 6.07) is 0. The van der Waals surface area contributed by atoms with E-state index in [0.717, 1.165) is 0 Å². The summed E-state index contributed by atoms with van der Waals surface area (Å²) in [6.45, 7) is 24.8. The van der Waals surface area contributed by atoms with E-state index in [2.05, 4.69) is 52.2 Å². The van der Waals surface area contributed by atoms with Crippen LogP contribution in [0.3, 0.4) is 0 Å². The van der Waals surface area contributed by atoms with Crippen LogP contribution in [0.2, 0.25) is 0 Å². The van der Waals surface area contributed by atoms with Gasteiger partial charge in [0.2, 0.25) is 0 Å². The molecule has 0 unspecified atom stereocenters. The van der Waals surface area contributed by atoms with Crippen LogP contribution in [0, 0.1) is 11.8 Å². The van der Waals surface area contributed by atoms with Crippen molar-refractivity contribution in [3.63, 3.8) is 0 Å². The summed E-state index contributed by atoms with van der Waals surface area (Å²) in [5.74, 6) is -5.31. The molecule has 0 amide bonds. The van der Waals surface area contributed by atoms with Crippen molar-refractivity contribution in [2.24, 2.45) is 11.8 Å². The van der Waals surface area contributed by atoms with Crippen LogP contribution in [0.15, 0.2) is 36.5 Å². The third-order valence-electron chi connectivity index (χ3n) is 3.66. The first-order valence-corrected chi connectivity index (χ1v) is 10.9. The first kappa shape index (κ1) is 36.9. The van der Waals surface area contributed by atoms with E-state index in [1.54, 1.807) is 27.7 Å². The number of esters is 3. The SMILES string of the molecule is C=C(C)C(=O)OC(C(C)C)C(C)C.C=C(C)C(=O)OC(C)C.C=C(C)C(=O)OCC(F)(F)C(F)F. The second-order valence-corrected chi connectivity index (χ2v) is 8.79. The highest BCUT2D eigenvalue weighted by Crippen LogP contribution is 2.23. The average molecular weight is 513 g/mol. The first-order valence-electron chi connectivity index (χ1n) is 10.9. The second-order valence-electron chi connectivity index (χ2n) is 8.79. The summed E-state index contributed by atoms with van der Waals surface area (Å²) in [5.41, 5.74) is 0.792. The number of hydrogen-bond acceptors (Lipinski definition) is 6. The molecule has 0 aromatic carbocycles. The molecule has 0 spiro atoms. The molecule has 10 heteroatoms. The molecule has 0 N–H and O–H groups in total. The highest BCUT2D eigenvalue weighted by Gasteiger charge is 2.42. The van der Waals surface area contributed by atoms with E-state index >= 15 is 0 Å². The molecule has 0 bridgehead atoms. The van der Waals surface area contributed by atoms with Crippen molar-refractivity contribution < 1.29 is 46.2 Å². The fraction of sp³-hybridized carbons (Fsp3) is 0.640. The Bertz CT molecular complexity index is 719. The van der Waals surface area contributed by atoms with Crippen molar-refractivity contribution in [1.82, 2.24) is 0 Å². The molecule has 0 atom stereocenters. The van der Waals surface area contributed by atoms with Gasteiger partial charge in [0.15, 0.2) is 6.61 Å². The van der Waals surface area contributed by atoms with Gasteiger partial charge in [-0.05, 0) is 46.5 Å². The van der Waals surface area contributed by atoms with Crippen LogP contribution in [0.25, 0.3) is 0 Å². The third kappa shape index (κ3) is 19.4. The Morgan fingerprint density at radius 2 is 1.06 bits per heavy atom. The molecule has 0 saturated heterocycles. The second kappa shape index (κ2) is 17.7. The summed E-state index contributed by atoms with van der Waals surface area (Å²) in [5, 5.41) is 0. The lowest BCUT2D eigenvalue weighted by Gasteiger charge is -2.24. The van der Waals surface area contributed by atoms with E-state index in [1.165, 1.54) is 6.92 Å². The lowest BCUT2D eigenvalue weighted by molar-refractivity contribution is -0.176. The van der Waals surface area contributed by atoms with Crippen LogP contribution in [-0.4, -0.2) is 49.1 Å². The van der Waals surface area contributed by atoms with Crippen molar-refractivity contribution in [2.75, 3.05) is 6.61 Å². The van der Waals surface area contributed by atoms with Crippen LogP contribution in [0.5, 0.6) is 0 Å². The van der Waals surface area contributed by atoms with Crippen LogP contribution < -0.4 is 0 Å². The van der Waals surface area contributed by atoms with Gasteiger partial charge in [0.25, 0.3) is 0 Å². The largest absolute Gasteiger partial charge is 0.460 e. The number of carbonyl (C=O) groups excluding carboxylic acids is 3. The Morgan fingerprint density at radius 1 is 0.714 bits per heavy atom. The van der Waals surface area contributed by atoms with Gasteiger partial charge in [-0.15, -0.1) is 0 Å². The Balaban J connectivity index is -0.000000448. The third-order valence-corrected chi connectivity index (χ3v) is 3.66. The fourth-order valence-corrected chi connectivity index (χ4v) is 1.93. The summed E-state index contributed by atoms with van der Waals surface area (Å²) in [6.07, 6.45) is -3.90. The number of alkyl halides is 4. The molecular weight excluding hydrogens is 472 g/mol. The molecule has 35 heavy (non-hydrogen) atoms. The van der Waals surface area contributed by atoms with Gasteiger partial charge in [-0.25, -0.2) is 23.2 Å². The molecule has 0 aromatic heterocycles. The monoisotopic (exact) mass is 512 g/mol. The van der Waals surface area contributed by atoms with Crippen molar-refractivity contribution in [3.05, 3.63) is 36.5 Å².